The lowest BCUT2D eigenvalue weighted by Gasteiger charge is -2.35. The minimum absolute atomic E-state index is 0.113. The fourth-order valence-corrected chi connectivity index (χ4v) is 2.77. The molecule has 4 heteroatoms. The third kappa shape index (κ3) is 5.11. The maximum Gasteiger partial charge on any atom is 0.225 e. The van der Waals surface area contributed by atoms with Crippen LogP contribution in [0.4, 0.5) is 0 Å². The van der Waals surface area contributed by atoms with E-state index in [1.54, 1.807) is 7.11 Å². The Morgan fingerprint density at radius 2 is 2.11 bits per heavy atom. The summed E-state index contributed by atoms with van der Waals surface area (Å²) in [5.74, 6) is 1.41. The molecule has 0 aromatic heterocycles. The lowest BCUT2D eigenvalue weighted by atomic mass is 9.79. The van der Waals surface area contributed by atoms with Gasteiger partial charge >= 0.3 is 0 Å². The average Bonchev–Trinajstić information content (AvgIpc) is 2.36. The van der Waals surface area contributed by atoms with Crippen LogP contribution in [0.1, 0.15) is 40.0 Å². The van der Waals surface area contributed by atoms with Crippen molar-refractivity contribution in [2.75, 3.05) is 26.8 Å². The van der Waals surface area contributed by atoms with Gasteiger partial charge in [0, 0.05) is 32.2 Å². The molecule has 0 radical (unpaired) electrons. The first kappa shape index (κ1) is 16.4. The SMILES string of the molecule is COCCN(CC(C)C)C(=O)C1CCC(C)C(N)C1. The summed E-state index contributed by atoms with van der Waals surface area (Å²) < 4.78 is 5.11. The van der Waals surface area contributed by atoms with E-state index in [2.05, 4.69) is 20.8 Å². The molecule has 0 spiro atoms. The summed E-state index contributed by atoms with van der Waals surface area (Å²) in [5.41, 5.74) is 6.11. The van der Waals surface area contributed by atoms with Crippen LogP contribution >= 0.6 is 0 Å². The summed E-state index contributed by atoms with van der Waals surface area (Å²) in [7, 11) is 1.68. The van der Waals surface area contributed by atoms with Gasteiger partial charge in [0.25, 0.3) is 0 Å². The van der Waals surface area contributed by atoms with Gasteiger partial charge in [-0.3, -0.25) is 4.79 Å². The Bertz CT molecular complexity index is 281. The van der Waals surface area contributed by atoms with Gasteiger partial charge in [-0.05, 0) is 31.1 Å². The smallest absolute Gasteiger partial charge is 0.225 e. The standard InChI is InChI=1S/C15H30N2O2/c1-11(2)10-17(7-8-19-4)15(18)13-6-5-12(3)14(16)9-13/h11-14H,5-10,16H2,1-4H3. The van der Waals surface area contributed by atoms with E-state index in [1.165, 1.54) is 0 Å². The molecule has 0 aromatic carbocycles. The quantitative estimate of drug-likeness (QED) is 0.802. The molecule has 1 aliphatic carbocycles. The number of nitrogens with two attached hydrogens (primary N) is 1. The summed E-state index contributed by atoms with van der Waals surface area (Å²) in [5, 5.41) is 0. The maximum absolute atomic E-state index is 12.6. The molecular formula is C15H30N2O2. The molecule has 0 aromatic rings. The van der Waals surface area contributed by atoms with Crippen molar-refractivity contribution in [3.63, 3.8) is 0 Å². The highest BCUT2D eigenvalue weighted by atomic mass is 16.5. The van der Waals surface area contributed by atoms with Crippen LogP contribution < -0.4 is 5.73 Å². The number of amides is 1. The Morgan fingerprint density at radius 1 is 1.42 bits per heavy atom. The molecule has 1 rings (SSSR count). The van der Waals surface area contributed by atoms with E-state index < -0.39 is 0 Å². The maximum atomic E-state index is 12.6. The van der Waals surface area contributed by atoms with Gasteiger partial charge in [0.2, 0.25) is 5.91 Å². The van der Waals surface area contributed by atoms with Crippen molar-refractivity contribution in [3.8, 4) is 0 Å². The van der Waals surface area contributed by atoms with Gasteiger partial charge in [-0.2, -0.15) is 0 Å². The summed E-state index contributed by atoms with van der Waals surface area (Å²) in [4.78, 5) is 14.6. The largest absolute Gasteiger partial charge is 0.383 e. The number of carbonyl (C=O) groups excluding carboxylic acids is 1. The third-order valence-electron chi connectivity index (χ3n) is 4.07. The van der Waals surface area contributed by atoms with Crippen LogP contribution in [0, 0.1) is 17.8 Å². The van der Waals surface area contributed by atoms with E-state index in [1.807, 2.05) is 4.90 Å². The minimum Gasteiger partial charge on any atom is -0.383 e. The second kappa shape index (κ2) is 7.85. The van der Waals surface area contributed by atoms with E-state index in [4.69, 9.17) is 10.5 Å². The first-order chi connectivity index (χ1) is 8.95. The van der Waals surface area contributed by atoms with Crippen molar-refractivity contribution >= 4 is 5.91 Å². The molecule has 3 unspecified atom stereocenters. The third-order valence-corrected chi connectivity index (χ3v) is 4.07. The molecule has 1 saturated carbocycles. The first-order valence-corrected chi connectivity index (χ1v) is 7.49. The summed E-state index contributed by atoms with van der Waals surface area (Å²) in [6, 6.07) is 0.172. The van der Waals surface area contributed by atoms with Crippen LogP contribution in [-0.2, 0) is 9.53 Å². The zero-order valence-corrected chi connectivity index (χ0v) is 12.9. The number of methoxy groups -OCH3 is 1. The van der Waals surface area contributed by atoms with Gasteiger partial charge in [0.05, 0.1) is 6.61 Å². The van der Waals surface area contributed by atoms with Crippen LogP contribution in [0.15, 0.2) is 0 Å². The fraction of sp³-hybridized carbons (Fsp3) is 0.933. The number of ether oxygens (including phenoxy) is 1. The summed E-state index contributed by atoms with van der Waals surface area (Å²) >= 11 is 0. The van der Waals surface area contributed by atoms with E-state index in [-0.39, 0.29) is 17.9 Å². The molecule has 2 N–H and O–H groups in total. The van der Waals surface area contributed by atoms with Gasteiger partial charge in [0.1, 0.15) is 0 Å². The van der Waals surface area contributed by atoms with Crippen LogP contribution in [0.2, 0.25) is 0 Å². The van der Waals surface area contributed by atoms with Gasteiger partial charge in [-0.15, -0.1) is 0 Å². The Morgan fingerprint density at radius 3 is 2.63 bits per heavy atom. The predicted molar refractivity (Wildman–Crippen MR) is 77.8 cm³/mol. The van der Waals surface area contributed by atoms with Crippen LogP contribution in [0.3, 0.4) is 0 Å². The van der Waals surface area contributed by atoms with Gasteiger partial charge in [-0.1, -0.05) is 20.8 Å². The van der Waals surface area contributed by atoms with Crippen LogP contribution in [0.5, 0.6) is 0 Å². The van der Waals surface area contributed by atoms with E-state index in [0.717, 1.165) is 25.8 Å². The lowest BCUT2D eigenvalue weighted by Crippen LogP contribution is -2.45. The molecule has 1 fully saturated rings. The highest BCUT2D eigenvalue weighted by molar-refractivity contribution is 5.79. The Kier molecular flexibility index (Phi) is 6.80. The van der Waals surface area contributed by atoms with Gasteiger partial charge < -0.3 is 15.4 Å². The topological polar surface area (TPSA) is 55.6 Å². The summed E-state index contributed by atoms with van der Waals surface area (Å²) in [6.07, 6.45) is 2.88. The number of carbonyl (C=O) groups is 1. The minimum atomic E-state index is 0.113. The molecular weight excluding hydrogens is 240 g/mol. The predicted octanol–water partition coefficient (Wildman–Crippen LogP) is 1.88. The highest BCUT2D eigenvalue weighted by Gasteiger charge is 2.32. The zero-order chi connectivity index (χ0) is 14.4. The van der Waals surface area contributed by atoms with Gasteiger partial charge in [-0.25, -0.2) is 0 Å². The molecule has 0 bridgehead atoms. The van der Waals surface area contributed by atoms with Crippen molar-refractivity contribution < 1.29 is 9.53 Å². The second-order valence-electron chi connectivity index (χ2n) is 6.32. The van der Waals surface area contributed by atoms with E-state index in [9.17, 15) is 4.79 Å². The summed E-state index contributed by atoms with van der Waals surface area (Å²) in [6.45, 7) is 8.57. The molecule has 1 amide bonds. The Balaban J connectivity index is 2.59. The van der Waals surface area contributed by atoms with Crippen molar-refractivity contribution in [1.82, 2.24) is 4.90 Å². The van der Waals surface area contributed by atoms with Crippen LogP contribution in [-0.4, -0.2) is 43.7 Å². The Labute approximate surface area is 117 Å². The fourth-order valence-electron chi connectivity index (χ4n) is 2.77. The van der Waals surface area contributed by atoms with Crippen molar-refractivity contribution in [2.45, 2.75) is 46.1 Å². The zero-order valence-electron chi connectivity index (χ0n) is 12.9. The lowest BCUT2D eigenvalue weighted by molar-refractivity contribution is -0.138. The number of nitrogens with zero attached hydrogens (tertiary/aromatic N) is 1. The van der Waals surface area contributed by atoms with Crippen molar-refractivity contribution in [3.05, 3.63) is 0 Å². The molecule has 4 nitrogen and oxygen atoms in total. The number of hydrogen-bond donors (Lipinski definition) is 1. The van der Waals surface area contributed by atoms with E-state index in [0.29, 0.717) is 25.0 Å². The van der Waals surface area contributed by atoms with Gasteiger partial charge in [0.15, 0.2) is 0 Å². The molecule has 3 atom stereocenters. The first-order valence-electron chi connectivity index (χ1n) is 7.49. The molecule has 0 heterocycles. The highest BCUT2D eigenvalue weighted by Crippen LogP contribution is 2.29. The van der Waals surface area contributed by atoms with Crippen molar-refractivity contribution in [2.24, 2.45) is 23.5 Å². The monoisotopic (exact) mass is 270 g/mol. The number of rotatable bonds is 6. The molecule has 0 saturated heterocycles. The van der Waals surface area contributed by atoms with Crippen LogP contribution in [0.25, 0.3) is 0 Å². The Hall–Kier alpha value is -0.610. The molecule has 1 aliphatic rings. The number of hydrogen-bond acceptors (Lipinski definition) is 3. The molecule has 0 aliphatic heterocycles. The van der Waals surface area contributed by atoms with E-state index >= 15 is 0 Å². The normalized spacial score (nSPS) is 27.6. The molecule has 19 heavy (non-hydrogen) atoms. The van der Waals surface area contributed by atoms with Crippen molar-refractivity contribution in [1.29, 1.82) is 0 Å². The second-order valence-corrected chi connectivity index (χ2v) is 6.32. The molecule has 112 valence electrons. The average molecular weight is 270 g/mol.